The van der Waals surface area contributed by atoms with Gasteiger partial charge in [-0.1, -0.05) is 0 Å². The molecule has 0 bridgehead atoms. The van der Waals surface area contributed by atoms with Crippen LogP contribution in [0.2, 0.25) is 0 Å². The molecule has 0 heterocycles. The first kappa shape index (κ1) is 15.0. The van der Waals surface area contributed by atoms with Crippen molar-refractivity contribution in [2.75, 3.05) is 26.4 Å². The Morgan fingerprint density at radius 1 is 0.867 bits per heavy atom. The van der Waals surface area contributed by atoms with Gasteiger partial charge in [-0.05, 0) is 25.7 Å². The van der Waals surface area contributed by atoms with E-state index >= 15 is 0 Å². The fourth-order valence-electron chi connectivity index (χ4n) is 0.825. The second kappa shape index (κ2) is 9.27. The molecule has 92 valence electrons. The first-order valence-electron chi connectivity index (χ1n) is 4.96. The van der Waals surface area contributed by atoms with Crippen LogP contribution in [0.15, 0.2) is 0 Å². The molecule has 0 aromatic heterocycles. The molecule has 0 saturated heterocycles. The summed E-state index contributed by atoms with van der Waals surface area (Å²) >= 11 is 0. The number of aliphatic hydroxyl groups is 2. The van der Waals surface area contributed by atoms with Gasteiger partial charge in [-0.2, -0.15) is 0 Å². The second-order valence-corrected chi connectivity index (χ2v) is 4.45. The van der Waals surface area contributed by atoms with Crippen molar-refractivity contribution >= 4 is 7.82 Å². The molecule has 3 N–H and O–H groups in total. The average Bonchev–Trinajstić information content (AvgIpc) is 2.20. The van der Waals surface area contributed by atoms with Gasteiger partial charge in [0.15, 0.2) is 0 Å². The Balaban J connectivity index is 3.45. The minimum atomic E-state index is -3.94. The fraction of sp³-hybridized carbons (Fsp3) is 1.00. The van der Waals surface area contributed by atoms with Crippen LogP contribution in [0.3, 0.4) is 0 Å². The lowest BCUT2D eigenvalue weighted by Gasteiger charge is -2.11. The third-order valence-corrected chi connectivity index (χ3v) is 2.63. The molecule has 6 nitrogen and oxygen atoms in total. The van der Waals surface area contributed by atoms with Gasteiger partial charge in [-0.3, -0.25) is 9.05 Å². The number of hydrogen-bond donors (Lipinski definition) is 3. The smallest absolute Gasteiger partial charge is 0.396 e. The molecular formula is C8H19O6P. The number of aliphatic hydroxyl groups excluding tert-OH is 2. The molecule has 0 aliphatic heterocycles. The first-order chi connectivity index (χ1) is 7.12. The highest BCUT2D eigenvalue weighted by atomic mass is 31.2. The molecule has 7 heteroatoms. The van der Waals surface area contributed by atoms with E-state index in [0.29, 0.717) is 25.7 Å². The van der Waals surface area contributed by atoms with Gasteiger partial charge in [0.05, 0.1) is 13.2 Å². The van der Waals surface area contributed by atoms with E-state index in [1.54, 1.807) is 0 Å². The van der Waals surface area contributed by atoms with E-state index in [-0.39, 0.29) is 26.4 Å². The molecule has 0 aliphatic carbocycles. The Bertz CT molecular complexity index is 170. The SMILES string of the molecule is O=P(O)(OCCCCO)OCCCCO. The van der Waals surface area contributed by atoms with Crippen LogP contribution in [0.4, 0.5) is 0 Å². The van der Waals surface area contributed by atoms with Crippen LogP contribution in [0.1, 0.15) is 25.7 Å². The monoisotopic (exact) mass is 242 g/mol. The summed E-state index contributed by atoms with van der Waals surface area (Å²) in [4.78, 5) is 9.10. The van der Waals surface area contributed by atoms with Crippen molar-refractivity contribution in [2.24, 2.45) is 0 Å². The summed E-state index contributed by atoms with van der Waals surface area (Å²) < 4.78 is 20.4. The minimum Gasteiger partial charge on any atom is -0.396 e. The molecule has 15 heavy (non-hydrogen) atoms. The van der Waals surface area contributed by atoms with Crippen LogP contribution in [0, 0.1) is 0 Å². The summed E-state index contributed by atoms with van der Waals surface area (Å²) in [6.45, 7) is 0.259. The minimum absolute atomic E-state index is 0.0381. The van der Waals surface area contributed by atoms with Gasteiger partial charge in [-0.25, -0.2) is 4.57 Å². The standard InChI is InChI=1S/C8H19O6P/c9-5-1-3-7-13-15(11,12)14-8-4-2-6-10/h9-10H,1-8H2,(H,11,12). The fourth-order valence-corrected chi connectivity index (χ4v) is 1.62. The van der Waals surface area contributed by atoms with Crippen LogP contribution in [-0.2, 0) is 13.6 Å². The predicted octanol–water partition coefficient (Wildman–Crippen LogP) is 0.665. The van der Waals surface area contributed by atoms with Gasteiger partial charge >= 0.3 is 7.82 Å². The molecular weight excluding hydrogens is 223 g/mol. The molecule has 0 radical (unpaired) electrons. The van der Waals surface area contributed by atoms with E-state index < -0.39 is 7.82 Å². The van der Waals surface area contributed by atoms with Crippen molar-refractivity contribution in [1.29, 1.82) is 0 Å². The topological polar surface area (TPSA) is 96.2 Å². The number of phosphoric acid groups is 1. The lowest BCUT2D eigenvalue weighted by molar-refractivity contribution is 0.140. The van der Waals surface area contributed by atoms with E-state index in [9.17, 15) is 4.57 Å². The molecule has 0 aliphatic rings. The number of phosphoric ester groups is 1. The Morgan fingerprint density at radius 2 is 1.27 bits per heavy atom. The van der Waals surface area contributed by atoms with Gasteiger partial charge in [0.1, 0.15) is 0 Å². The zero-order valence-corrected chi connectivity index (χ0v) is 9.56. The van der Waals surface area contributed by atoms with Gasteiger partial charge in [0.2, 0.25) is 0 Å². The molecule has 0 fully saturated rings. The highest BCUT2D eigenvalue weighted by molar-refractivity contribution is 7.47. The summed E-state index contributed by atoms with van der Waals surface area (Å²) in [5.74, 6) is 0. The van der Waals surface area contributed by atoms with Gasteiger partial charge in [0, 0.05) is 13.2 Å². The highest BCUT2D eigenvalue weighted by Crippen LogP contribution is 2.43. The van der Waals surface area contributed by atoms with Crippen molar-refractivity contribution < 1.29 is 28.7 Å². The van der Waals surface area contributed by atoms with Gasteiger partial charge in [0.25, 0.3) is 0 Å². The predicted molar refractivity (Wildman–Crippen MR) is 54.4 cm³/mol. The van der Waals surface area contributed by atoms with E-state index in [1.165, 1.54) is 0 Å². The van der Waals surface area contributed by atoms with Gasteiger partial charge < -0.3 is 15.1 Å². The molecule has 0 unspecified atom stereocenters. The largest absolute Gasteiger partial charge is 0.472 e. The summed E-state index contributed by atoms with van der Waals surface area (Å²) in [5, 5.41) is 16.9. The first-order valence-corrected chi connectivity index (χ1v) is 6.45. The number of unbranched alkanes of at least 4 members (excludes halogenated alkanes) is 2. The molecule has 0 spiro atoms. The zero-order valence-electron chi connectivity index (χ0n) is 8.67. The Kier molecular flexibility index (Phi) is 9.29. The molecule has 0 aromatic carbocycles. The maximum absolute atomic E-state index is 11.1. The van der Waals surface area contributed by atoms with Crippen molar-refractivity contribution in [1.82, 2.24) is 0 Å². The highest BCUT2D eigenvalue weighted by Gasteiger charge is 2.19. The lowest BCUT2D eigenvalue weighted by atomic mass is 10.3. The number of hydrogen-bond acceptors (Lipinski definition) is 5. The van der Waals surface area contributed by atoms with Crippen LogP contribution in [0.5, 0.6) is 0 Å². The van der Waals surface area contributed by atoms with E-state index in [1.807, 2.05) is 0 Å². The van der Waals surface area contributed by atoms with Crippen molar-refractivity contribution in [3.05, 3.63) is 0 Å². The molecule has 0 saturated carbocycles. The van der Waals surface area contributed by atoms with Crippen LogP contribution in [0.25, 0.3) is 0 Å². The normalized spacial score (nSPS) is 11.9. The van der Waals surface area contributed by atoms with Crippen LogP contribution < -0.4 is 0 Å². The average molecular weight is 242 g/mol. The third-order valence-electron chi connectivity index (χ3n) is 1.61. The molecule has 0 amide bonds. The maximum atomic E-state index is 11.1. The van der Waals surface area contributed by atoms with Crippen molar-refractivity contribution in [3.63, 3.8) is 0 Å². The lowest BCUT2D eigenvalue weighted by Crippen LogP contribution is -2.00. The van der Waals surface area contributed by atoms with Crippen molar-refractivity contribution in [3.8, 4) is 0 Å². The molecule has 0 aromatic rings. The van der Waals surface area contributed by atoms with E-state index in [4.69, 9.17) is 15.1 Å². The Labute approximate surface area is 89.5 Å². The summed E-state index contributed by atoms with van der Waals surface area (Å²) in [6, 6.07) is 0. The summed E-state index contributed by atoms with van der Waals surface area (Å²) in [5.41, 5.74) is 0. The molecule has 0 rings (SSSR count). The summed E-state index contributed by atoms with van der Waals surface area (Å²) in [6.07, 6.45) is 2.09. The van der Waals surface area contributed by atoms with Gasteiger partial charge in [-0.15, -0.1) is 0 Å². The molecule has 0 atom stereocenters. The Morgan fingerprint density at radius 3 is 1.60 bits per heavy atom. The quantitative estimate of drug-likeness (QED) is 0.385. The second-order valence-electron chi connectivity index (χ2n) is 3.00. The third kappa shape index (κ3) is 10.3. The van der Waals surface area contributed by atoms with E-state index in [2.05, 4.69) is 9.05 Å². The maximum Gasteiger partial charge on any atom is 0.472 e. The van der Waals surface area contributed by atoms with Crippen LogP contribution in [-0.4, -0.2) is 41.5 Å². The summed E-state index contributed by atoms with van der Waals surface area (Å²) in [7, 11) is -3.94. The number of rotatable bonds is 10. The zero-order chi connectivity index (χ0) is 11.6. The van der Waals surface area contributed by atoms with E-state index in [0.717, 1.165) is 0 Å². The Hall–Kier alpha value is 0.0300. The van der Waals surface area contributed by atoms with Crippen molar-refractivity contribution in [2.45, 2.75) is 25.7 Å². The van der Waals surface area contributed by atoms with Crippen LogP contribution >= 0.6 is 7.82 Å².